The van der Waals surface area contributed by atoms with E-state index in [0.717, 1.165) is 5.56 Å². The fraction of sp³-hybridized carbons (Fsp3) is 0.250. The van der Waals surface area contributed by atoms with Crippen LogP contribution >= 0.6 is 0 Å². The van der Waals surface area contributed by atoms with E-state index in [1.165, 1.54) is 10.7 Å². The fourth-order valence-electron chi connectivity index (χ4n) is 2.82. The van der Waals surface area contributed by atoms with Crippen LogP contribution in [0, 0.1) is 0 Å². The summed E-state index contributed by atoms with van der Waals surface area (Å²) in [7, 11) is 0. The first-order valence-electron chi connectivity index (χ1n) is 8.50. The molecule has 1 aromatic heterocycles. The van der Waals surface area contributed by atoms with Gasteiger partial charge in [0.25, 0.3) is 6.43 Å². The van der Waals surface area contributed by atoms with Crippen molar-refractivity contribution in [2.24, 2.45) is 0 Å². The Kier molecular flexibility index (Phi) is 5.82. The number of hydrogen-bond acceptors (Lipinski definition) is 2. The van der Waals surface area contributed by atoms with Crippen molar-refractivity contribution in [1.82, 2.24) is 9.78 Å². The minimum absolute atomic E-state index is 0.0263. The molecule has 1 heterocycles. The van der Waals surface area contributed by atoms with E-state index in [9.17, 15) is 13.0 Å². The predicted octanol–water partition coefficient (Wildman–Crippen LogP) is 5.32. The smallest absolute Gasteiger partial charge is 0.282 e. The minimum Gasteiger partial charge on any atom is -0.306 e. The second-order valence-electron chi connectivity index (χ2n) is 6.58. The monoisotopic (exact) mass is 390 g/mol. The maximum atomic E-state index is 13.2. The van der Waals surface area contributed by atoms with Crippen LogP contribution in [0.3, 0.4) is 0 Å². The lowest BCUT2D eigenvalue weighted by Gasteiger charge is -2.10. The molecule has 1 atom stereocenters. The van der Waals surface area contributed by atoms with Crippen LogP contribution in [0.5, 0.6) is 0 Å². The van der Waals surface area contributed by atoms with Gasteiger partial charge in [0, 0.05) is 5.56 Å². The van der Waals surface area contributed by atoms with E-state index >= 15 is 0 Å². The lowest BCUT2D eigenvalue weighted by atomic mass is 10.0. The van der Waals surface area contributed by atoms with Gasteiger partial charge in [-0.05, 0) is 35.2 Å². The first-order valence-corrected chi connectivity index (χ1v) is 9.78. The number of alkyl halides is 2. The third kappa shape index (κ3) is 4.48. The summed E-state index contributed by atoms with van der Waals surface area (Å²) in [5, 5.41) is 4.08. The number of halogens is 2. The molecule has 7 heteroatoms. The van der Waals surface area contributed by atoms with Crippen molar-refractivity contribution in [3.8, 4) is 16.9 Å². The van der Waals surface area contributed by atoms with Crippen LogP contribution < -0.4 is 0 Å². The lowest BCUT2D eigenvalue weighted by molar-refractivity contribution is 0.145. The van der Waals surface area contributed by atoms with E-state index in [1.807, 2.05) is 24.3 Å². The quantitative estimate of drug-likeness (QED) is 0.580. The minimum atomic E-state index is -2.67. The molecular weight excluding hydrogens is 370 g/mol. The number of hydrogen-bond donors (Lipinski definition) is 1. The third-order valence-electron chi connectivity index (χ3n) is 4.30. The number of rotatable bonds is 6. The highest BCUT2D eigenvalue weighted by molar-refractivity contribution is 7.78. The zero-order valence-electron chi connectivity index (χ0n) is 15.0. The Bertz CT molecular complexity index is 936. The average Bonchev–Trinajstić information content (AvgIpc) is 3.07. The molecular formula is C20H20F2N2O2S. The summed E-state index contributed by atoms with van der Waals surface area (Å²) in [6.45, 7) is 4.18. The molecule has 142 valence electrons. The van der Waals surface area contributed by atoms with Gasteiger partial charge in [-0.1, -0.05) is 50.2 Å². The molecule has 0 aliphatic heterocycles. The summed E-state index contributed by atoms with van der Waals surface area (Å²) in [5.41, 5.74) is 3.50. The summed E-state index contributed by atoms with van der Waals surface area (Å²) in [6.07, 6.45) is -2.67. The molecule has 0 aliphatic carbocycles. The van der Waals surface area contributed by atoms with Crippen LogP contribution in [0.1, 0.15) is 43.0 Å². The van der Waals surface area contributed by atoms with Gasteiger partial charge in [0.15, 0.2) is 11.1 Å². The molecule has 2 aromatic carbocycles. The van der Waals surface area contributed by atoms with Crippen molar-refractivity contribution < 1.29 is 17.5 Å². The Labute approximate surface area is 159 Å². The van der Waals surface area contributed by atoms with Gasteiger partial charge in [-0.25, -0.2) is 17.7 Å². The average molecular weight is 390 g/mol. The van der Waals surface area contributed by atoms with E-state index in [-0.39, 0.29) is 11.4 Å². The topological polar surface area (TPSA) is 55.1 Å². The molecule has 27 heavy (non-hydrogen) atoms. The zero-order chi connectivity index (χ0) is 19.6. The highest BCUT2D eigenvalue weighted by Gasteiger charge is 2.18. The second-order valence-corrected chi connectivity index (χ2v) is 7.51. The van der Waals surface area contributed by atoms with Gasteiger partial charge >= 0.3 is 0 Å². The lowest BCUT2D eigenvalue weighted by Crippen LogP contribution is -2.01. The van der Waals surface area contributed by atoms with Gasteiger partial charge in [0.1, 0.15) is 5.69 Å². The summed E-state index contributed by atoms with van der Waals surface area (Å²) < 4.78 is 47.9. The molecule has 3 rings (SSSR count). The van der Waals surface area contributed by atoms with Crippen LogP contribution in [-0.4, -0.2) is 18.5 Å². The molecule has 0 amide bonds. The second kappa shape index (κ2) is 8.10. The standard InChI is InChI=1S/C20H20F2N2O2S/c1-13(2)15-7-9-17(10-8-15)24-19(11-18(23-24)20(21)22)16-5-3-14(4-6-16)12-27(25)26/h3-11,13,20H,12H2,1-2H3,(H,25,26). The van der Waals surface area contributed by atoms with Crippen molar-refractivity contribution in [1.29, 1.82) is 0 Å². The Balaban J connectivity index is 2.03. The first kappa shape index (κ1) is 19.4. The Morgan fingerprint density at radius 1 is 1.07 bits per heavy atom. The van der Waals surface area contributed by atoms with Gasteiger partial charge in [-0.2, -0.15) is 5.10 Å². The van der Waals surface area contributed by atoms with E-state index in [0.29, 0.717) is 28.4 Å². The SMILES string of the molecule is CC(C)c1ccc(-n2nc(C(F)F)cc2-c2ccc(CS(=O)O)cc2)cc1. The molecule has 0 aliphatic rings. The highest BCUT2D eigenvalue weighted by Crippen LogP contribution is 2.29. The normalized spacial score (nSPS) is 12.7. The van der Waals surface area contributed by atoms with Crippen molar-refractivity contribution in [3.05, 3.63) is 71.4 Å². The molecule has 0 fully saturated rings. The molecule has 0 radical (unpaired) electrons. The molecule has 0 saturated heterocycles. The maximum absolute atomic E-state index is 13.2. The molecule has 0 spiro atoms. The van der Waals surface area contributed by atoms with Crippen LogP contribution in [0.4, 0.5) is 8.78 Å². The zero-order valence-corrected chi connectivity index (χ0v) is 15.8. The van der Waals surface area contributed by atoms with E-state index in [2.05, 4.69) is 18.9 Å². The van der Waals surface area contributed by atoms with Crippen molar-refractivity contribution in [3.63, 3.8) is 0 Å². The van der Waals surface area contributed by atoms with Crippen molar-refractivity contribution in [2.75, 3.05) is 0 Å². The summed E-state index contributed by atoms with van der Waals surface area (Å²) in [5.74, 6) is 0.399. The molecule has 1 unspecified atom stereocenters. The first-order chi connectivity index (χ1) is 12.8. The molecule has 1 N–H and O–H groups in total. The number of nitrogens with zero attached hydrogens (tertiary/aromatic N) is 2. The van der Waals surface area contributed by atoms with Gasteiger partial charge in [0.2, 0.25) is 0 Å². The third-order valence-corrected chi connectivity index (χ3v) is 4.88. The van der Waals surface area contributed by atoms with Crippen LogP contribution in [0.2, 0.25) is 0 Å². The van der Waals surface area contributed by atoms with Crippen LogP contribution in [0.25, 0.3) is 16.9 Å². The van der Waals surface area contributed by atoms with Gasteiger partial charge in [-0.3, -0.25) is 0 Å². The number of aromatic nitrogens is 2. The highest BCUT2D eigenvalue weighted by atomic mass is 32.2. The van der Waals surface area contributed by atoms with Crippen molar-refractivity contribution in [2.45, 2.75) is 31.9 Å². The van der Waals surface area contributed by atoms with E-state index < -0.39 is 17.5 Å². The summed E-state index contributed by atoms with van der Waals surface area (Å²) in [4.78, 5) is 0. The van der Waals surface area contributed by atoms with Crippen LogP contribution in [0.15, 0.2) is 54.6 Å². The van der Waals surface area contributed by atoms with Crippen molar-refractivity contribution >= 4 is 11.1 Å². The Morgan fingerprint density at radius 3 is 2.22 bits per heavy atom. The van der Waals surface area contributed by atoms with Crippen LogP contribution in [-0.2, 0) is 16.8 Å². The van der Waals surface area contributed by atoms with E-state index in [1.54, 1.807) is 24.3 Å². The molecule has 3 aromatic rings. The Hall–Kier alpha value is -2.38. The summed E-state index contributed by atoms with van der Waals surface area (Å²) in [6, 6.07) is 15.9. The molecule has 0 saturated carbocycles. The van der Waals surface area contributed by atoms with Gasteiger partial charge in [0.05, 0.1) is 17.1 Å². The Morgan fingerprint density at radius 2 is 1.70 bits per heavy atom. The van der Waals surface area contributed by atoms with E-state index in [4.69, 9.17) is 4.55 Å². The van der Waals surface area contributed by atoms with Gasteiger partial charge < -0.3 is 4.55 Å². The van der Waals surface area contributed by atoms with Gasteiger partial charge in [-0.15, -0.1) is 0 Å². The molecule has 4 nitrogen and oxygen atoms in total. The summed E-state index contributed by atoms with van der Waals surface area (Å²) >= 11 is -1.93. The fourth-order valence-corrected chi connectivity index (χ4v) is 3.30. The predicted molar refractivity (Wildman–Crippen MR) is 103 cm³/mol. The largest absolute Gasteiger partial charge is 0.306 e. The number of benzene rings is 2. The molecule has 0 bridgehead atoms. The maximum Gasteiger partial charge on any atom is 0.282 e.